The fraction of sp³-hybridized carbons (Fsp3) is 0.375. The largest absolute Gasteiger partial charge is 0.337 e. The topological polar surface area (TPSA) is 51.0 Å². The van der Waals surface area contributed by atoms with Gasteiger partial charge in [-0.3, -0.25) is 9.48 Å². The Balaban J connectivity index is 1.49. The van der Waals surface area contributed by atoms with Crippen LogP contribution in [0.1, 0.15) is 48.0 Å². The third kappa shape index (κ3) is 3.63. The molecule has 2 aromatic heterocycles. The number of carbonyl (C=O) groups excluding carboxylic acids is 1. The monoisotopic (exact) mass is 420 g/mol. The molecule has 0 N–H and O–H groups in total. The van der Waals surface area contributed by atoms with Crippen molar-refractivity contribution in [2.24, 2.45) is 5.92 Å². The molecule has 1 amide bonds. The van der Waals surface area contributed by atoms with Crippen molar-refractivity contribution in [3.63, 3.8) is 0 Å². The molecule has 0 unspecified atom stereocenters. The Morgan fingerprint density at radius 2 is 1.90 bits per heavy atom. The average Bonchev–Trinajstić information content (AvgIpc) is 3.33. The number of amides is 1. The maximum atomic E-state index is 12.5. The maximum absolute atomic E-state index is 12.5. The fourth-order valence-electron chi connectivity index (χ4n) is 4.72. The van der Waals surface area contributed by atoms with Gasteiger partial charge in [-0.2, -0.15) is 5.10 Å². The molecule has 0 saturated heterocycles. The van der Waals surface area contributed by atoms with E-state index in [1.165, 1.54) is 32.1 Å². The quantitative estimate of drug-likeness (QED) is 0.528. The number of fused-ring (bicyclic) bond motifs is 1. The summed E-state index contributed by atoms with van der Waals surface area (Å²) in [6.07, 6.45) is 10.6. The van der Waals surface area contributed by atoms with Crippen LogP contribution >= 0.6 is 11.6 Å². The predicted octanol–water partition coefficient (Wildman–Crippen LogP) is 5.43. The summed E-state index contributed by atoms with van der Waals surface area (Å²) < 4.78 is 2.06. The van der Waals surface area contributed by atoms with E-state index >= 15 is 0 Å². The number of rotatable bonds is 4. The highest BCUT2D eigenvalue weighted by molar-refractivity contribution is 6.29. The number of nitrogens with zero attached hydrogens (tertiary/aromatic N) is 4. The summed E-state index contributed by atoms with van der Waals surface area (Å²) in [6, 6.07) is 9.79. The molecule has 0 spiro atoms. The maximum Gasteiger partial charge on any atom is 0.254 e. The van der Waals surface area contributed by atoms with Crippen LogP contribution in [0, 0.1) is 5.92 Å². The lowest BCUT2D eigenvalue weighted by atomic mass is 9.89. The van der Waals surface area contributed by atoms with Crippen LogP contribution in [-0.2, 0) is 13.1 Å². The zero-order valence-electron chi connectivity index (χ0n) is 17.1. The zero-order valence-corrected chi connectivity index (χ0v) is 17.9. The van der Waals surface area contributed by atoms with Crippen LogP contribution in [0.3, 0.4) is 0 Å². The molecule has 30 heavy (non-hydrogen) atoms. The predicted molar refractivity (Wildman–Crippen MR) is 118 cm³/mol. The van der Waals surface area contributed by atoms with Gasteiger partial charge in [0.2, 0.25) is 0 Å². The summed E-state index contributed by atoms with van der Waals surface area (Å²) in [5, 5.41) is 5.06. The van der Waals surface area contributed by atoms with Gasteiger partial charge < -0.3 is 4.90 Å². The minimum absolute atomic E-state index is 0.0516. The molecule has 5 rings (SSSR count). The lowest BCUT2D eigenvalue weighted by Crippen LogP contribution is -2.17. The van der Waals surface area contributed by atoms with Crippen molar-refractivity contribution in [3.05, 3.63) is 59.0 Å². The Bertz CT molecular complexity index is 1100. The van der Waals surface area contributed by atoms with Crippen LogP contribution in [0.5, 0.6) is 0 Å². The van der Waals surface area contributed by atoms with Crippen molar-refractivity contribution in [1.82, 2.24) is 19.7 Å². The van der Waals surface area contributed by atoms with Crippen LogP contribution in [-0.4, -0.2) is 32.6 Å². The summed E-state index contributed by atoms with van der Waals surface area (Å²) >= 11 is 6.25. The summed E-state index contributed by atoms with van der Waals surface area (Å²) in [6.45, 7) is 1.62. The summed E-state index contributed by atoms with van der Waals surface area (Å²) in [5.74, 6) is 0.768. The highest BCUT2D eigenvalue weighted by Crippen LogP contribution is 2.34. The Hall–Kier alpha value is -2.66. The first-order valence-corrected chi connectivity index (χ1v) is 11.0. The van der Waals surface area contributed by atoms with Crippen molar-refractivity contribution in [2.75, 3.05) is 7.05 Å². The van der Waals surface area contributed by atoms with Crippen molar-refractivity contribution < 1.29 is 4.79 Å². The molecule has 154 valence electrons. The first kappa shape index (κ1) is 19.3. The Morgan fingerprint density at radius 1 is 1.07 bits per heavy atom. The van der Waals surface area contributed by atoms with E-state index in [0.29, 0.717) is 17.6 Å². The standard InChI is InChI=1S/C24H25ClN4O/c1-28-14-18-8-7-17(11-21(18)24(28)30)23-20(9-10-22(25)27-23)19-12-26-29(15-19)13-16-5-3-2-4-6-16/h7-12,15-16H,2-6,13-14H2,1H3. The van der Waals surface area contributed by atoms with E-state index < -0.39 is 0 Å². The lowest BCUT2D eigenvalue weighted by Gasteiger charge is -2.21. The van der Waals surface area contributed by atoms with Gasteiger partial charge in [0.05, 0.1) is 11.9 Å². The van der Waals surface area contributed by atoms with Crippen molar-refractivity contribution in [2.45, 2.75) is 45.2 Å². The number of pyridine rings is 1. The molecule has 0 atom stereocenters. The lowest BCUT2D eigenvalue weighted by molar-refractivity contribution is 0.0816. The minimum Gasteiger partial charge on any atom is -0.337 e. The summed E-state index contributed by atoms with van der Waals surface area (Å²) in [4.78, 5) is 18.8. The van der Waals surface area contributed by atoms with E-state index in [4.69, 9.17) is 11.6 Å². The number of hydrogen-bond donors (Lipinski definition) is 0. The Labute approximate surface area is 181 Å². The molecular weight excluding hydrogens is 396 g/mol. The van der Waals surface area contributed by atoms with Gasteiger partial charge in [0.25, 0.3) is 5.91 Å². The Morgan fingerprint density at radius 3 is 2.73 bits per heavy atom. The highest BCUT2D eigenvalue weighted by Gasteiger charge is 2.25. The van der Waals surface area contributed by atoms with E-state index in [9.17, 15) is 4.79 Å². The van der Waals surface area contributed by atoms with Gasteiger partial charge in [-0.1, -0.05) is 43.0 Å². The van der Waals surface area contributed by atoms with Gasteiger partial charge in [0.15, 0.2) is 0 Å². The normalized spacial score (nSPS) is 16.9. The van der Waals surface area contributed by atoms with Gasteiger partial charge in [-0.15, -0.1) is 0 Å². The van der Waals surface area contributed by atoms with Crippen LogP contribution in [0.25, 0.3) is 22.4 Å². The van der Waals surface area contributed by atoms with E-state index in [1.807, 2.05) is 43.6 Å². The molecule has 1 aliphatic heterocycles. The Kier molecular flexibility index (Phi) is 5.07. The van der Waals surface area contributed by atoms with Crippen LogP contribution in [0.4, 0.5) is 0 Å². The molecule has 3 heterocycles. The molecule has 1 aromatic carbocycles. The van der Waals surface area contributed by atoms with Crippen molar-refractivity contribution in [1.29, 1.82) is 0 Å². The van der Waals surface area contributed by atoms with Gasteiger partial charge in [-0.05, 0) is 42.5 Å². The third-order valence-electron chi connectivity index (χ3n) is 6.34. The minimum atomic E-state index is 0.0516. The molecular formula is C24H25ClN4O. The van der Waals surface area contributed by atoms with E-state index in [1.54, 1.807) is 4.90 Å². The smallest absolute Gasteiger partial charge is 0.254 e. The molecule has 1 saturated carbocycles. The number of hydrogen-bond acceptors (Lipinski definition) is 3. The number of halogens is 1. The van der Waals surface area contributed by atoms with Gasteiger partial charge >= 0.3 is 0 Å². The van der Waals surface area contributed by atoms with E-state index in [2.05, 4.69) is 21.0 Å². The fourth-order valence-corrected chi connectivity index (χ4v) is 4.87. The van der Waals surface area contributed by atoms with Crippen molar-refractivity contribution in [3.8, 4) is 22.4 Å². The average molecular weight is 421 g/mol. The van der Waals surface area contributed by atoms with Crippen LogP contribution < -0.4 is 0 Å². The summed E-state index contributed by atoms with van der Waals surface area (Å²) in [7, 11) is 1.83. The highest BCUT2D eigenvalue weighted by atomic mass is 35.5. The molecule has 2 aliphatic rings. The zero-order chi connectivity index (χ0) is 20.7. The molecule has 1 aliphatic carbocycles. The molecule has 0 bridgehead atoms. The first-order chi connectivity index (χ1) is 14.6. The van der Waals surface area contributed by atoms with Gasteiger partial charge in [0.1, 0.15) is 5.15 Å². The number of aromatic nitrogens is 3. The second-order valence-electron chi connectivity index (χ2n) is 8.52. The van der Waals surface area contributed by atoms with Crippen LogP contribution in [0.2, 0.25) is 5.15 Å². The second-order valence-corrected chi connectivity index (χ2v) is 8.91. The molecule has 5 nitrogen and oxygen atoms in total. The van der Waals surface area contributed by atoms with Crippen molar-refractivity contribution >= 4 is 17.5 Å². The molecule has 0 radical (unpaired) electrons. The SMILES string of the molecule is CN1Cc2ccc(-c3nc(Cl)ccc3-c3cnn(CC4CCCCC4)c3)cc2C1=O. The molecule has 6 heteroatoms. The van der Waals surface area contributed by atoms with Crippen LogP contribution in [0.15, 0.2) is 42.7 Å². The number of benzene rings is 1. The molecule has 3 aromatic rings. The summed E-state index contributed by atoms with van der Waals surface area (Å²) in [5.41, 5.74) is 5.48. The van der Waals surface area contributed by atoms with E-state index in [-0.39, 0.29) is 5.91 Å². The molecule has 1 fully saturated rings. The first-order valence-electron chi connectivity index (χ1n) is 10.7. The third-order valence-corrected chi connectivity index (χ3v) is 6.55. The second kappa shape index (κ2) is 7.88. The van der Waals surface area contributed by atoms with Gasteiger partial charge in [0, 0.05) is 48.6 Å². The van der Waals surface area contributed by atoms with Gasteiger partial charge in [-0.25, -0.2) is 4.98 Å². The van der Waals surface area contributed by atoms with E-state index in [0.717, 1.165) is 40.1 Å². The number of carbonyl (C=O) groups is 1.